The minimum absolute atomic E-state index is 0.153. The summed E-state index contributed by atoms with van der Waals surface area (Å²) in [5.41, 5.74) is 5.02. The first-order chi connectivity index (χ1) is 8.34. The molecule has 1 fully saturated rings. The topological polar surface area (TPSA) is 113 Å². The normalized spacial score (nSPS) is 20.8. The fourth-order valence-electron chi connectivity index (χ4n) is 2.13. The Morgan fingerprint density at radius 1 is 1.39 bits per heavy atom. The molecule has 3 amide bonds. The van der Waals surface area contributed by atoms with Gasteiger partial charge in [-0.15, -0.1) is 0 Å². The van der Waals surface area contributed by atoms with Crippen LogP contribution < -0.4 is 11.1 Å². The second-order valence-corrected chi connectivity index (χ2v) is 4.76. The number of amides is 3. The van der Waals surface area contributed by atoms with E-state index in [-0.39, 0.29) is 11.8 Å². The fraction of sp³-hybridized carbons (Fsp3) is 0.727. The molecule has 4 N–H and O–H groups in total. The van der Waals surface area contributed by atoms with Crippen LogP contribution in [0.15, 0.2) is 0 Å². The summed E-state index contributed by atoms with van der Waals surface area (Å²) in [6.07, 6.45) is 1.10. The van der Waals surface area contributed by atoms with Crippen LogP contribution in [0, 0.1) is 5.92 Å². The molecule has 1 unspecified atom stereocenters. The molecule has 1 aliphatic heterocycles. The van der Waals surface area contributed by atoms with Gasteiger partial charge in [-0.05, 0) is 18.8 Å². The number of carboxylic acids is 1. The summed E-state index contributed by atoms with van der Waals surface area (Å²) >= 11 is 0. The number of rotatable bonds is 4. The van der Waals surface area contributed by atoms with Crippen molar-refractivity contribution in [3.63, 3.8) is 0 Å². The maximum Gasteiger partial charge on any atom is 0.326 e. The van der Waals surface area contributed by atoms with Crippen LogP contribution in [-0.2, 0) is 9.59 Å². The monoisotopic (exact) mass is 257 g/mol. The standard InChI is InChI=1S/C11H19N3O4/c1-6(2)8(13-11(12)18)9(15)14-5-3-4-7(14)10(16)17/h6-8H,3-5H2,1-2H3,(H,16,17)(H3,12,13,18)/t7-,8?/m0/s1. The molecule has 0 saturated carbocycles. The minimum Gasteiger partial charge on any atom is -0.480 e. The third kappa shape index (κ3) is 3.12. The Morgan fingerprint density at radius 3 is 2.44 bits per heavy atom. The van der Waals surface area contributed by atoms with Crippen LogP contribution >= 0.6 is 0 Å². The van der Waals surface area contributed by atoms with E-state index < -0.39 is 24.1 Å². The highest BCUT2D eigenvalue weighted by Crippen LogP contribution is 2.20. The average Bonchev–Trinajstić information content (AvgIpc) is 2.73. The Bertz CT molecular complexity index is 352. The van der Waals surface area contributed by atoms with Crippen molar-refractivity contribution in [3.8, 4) is 0 Å². The van der Waals surface area contributed by atoms with Gasteiger partial charge < -0.3 is 21.1 Å². The van der Waals surface area contributed by atoms with Crippen molar-refractivity contribution in [1.82, 2.24) is 10.2 Å². The highest BCUT2D eigenvalue weighted by molar-refractivity contribution is 5.90. The molecule has 0 aliphatic carbocycles. The zero-order valence-electron chi connectivity index (χ0n) is 10.5. The van der Waals surface area contributed by atoms with Crippen molar-refractivity contribution in [2.45, 2.75) is 38.8 Å². The van der Waals surface area contributed by atoms with Crippen LogP contribution in [-0.4, -0.2) is 46.5 Å². The molecule has 1 rings (SSSR count). The van der Waals surface area contributed by atoms with Gasteiger partial charge in [0.1, 0.15) is 12.1 Å². The zero-order valence-corrected chi connectivity index (χ0v) is 10.5. The van der Waals surface area contributed by atoms with Crippen LogP contribution in [0.3, 0.4) is 0 Å². The second kappa shape index (κ2) is 5.70. The number of urea groups is 1. The van der Waals surface area contributed by atoms with Crippen molar-refractivity contribution < 1.29 is 19.5 Å². The Kier molecular flexibility index (Phi) is 4.52. The molecule has 18 heavy (non-hydrogen) atoms. The molecule has 0 aromatic rings. The van der Waals surface area contributed by atoms with Crippen LogP contribution in [0.4, 0.5) is 4.79 Å². The van der Waals surface area contributed by atoms with Crippen molar-refractivity contribution in [2.24, 2.45) is 11.7 Å². The molecule has 2 atom stereocenters. The van der Waals surface area contributed by atoms with Gasteiger partial charge in [0, 0.05) is 6.54 Å². The second-order valence-electron chi connectivity index (χ2n) is 4.76. The van der Waals surface area contributed by atoms with Gasteiger partial charge in [-0.25, -0.2) is 9.59 Å². The van der Waals surface area contributed by atoms with E-state index in [1.54, 1.807) is 13.8 Å². The van der Waals surface area contributed by atoms with Gasteiger partial charge in [0.05, 0.1) is 0 Å². The van der Waals surface area contributed by atoms with E-state index in [1.807, 2.05) is 0 Å². The van der Waals surface area contributed by atoms with E-state index in [0.717, 1.165) is 0 Å². The Morgan fingerprint density at radius 2 is 2.00 bits per heavy atom. The van der Waals surface area contributed by atoms with Crippen molar-refractivity contribution >= 4 is 17.9 Å². The maximum absolute atomic E-state index is 12.2. The van der Waals surface area contributed by atoms with Crippen molar-refractivity contribution in [3.05, 3.63) is 0 Å². The zero-order chi connectivity index (χ0) is 13.9. The lowest BCUT2D eigenvalue weighted by atomic mass is 10.0. The summed E-state index contributed by atoms with van der Waals surface area (Å²) in [6.45, 7) is 3.94. The highest BCUT2D eigenvalue weighted by Gasteiger charge is 2.38. The third-order valence-corrected chi connectivity index (χ3v) is 3.05. The molecule has 1 aliphatic rings. The average molecular weight is 257 g/mol. The molecule has 0 radical (unpaired) electrons. The molecule has 1 saturated heterocycles. The molecule has 0 aromatic heterocycles. The lowest BCUT2D eigenvalue weighted by Crippen LogP contribution is -2.54. The molecule has 7 heteroatoms. The lowest BCUT2D eigenvalue weighted by molar-refractivity contribution is -0.149. The van der Waals surface area contributed by atoms with E-state index in [2.05, 4.69) is 5.32 Å². The van der Waals surface area contributed by atoms with Gasteiger partial charge in [-0.3, -0.25) is 4.79 Å². The van der Waals surface area contributed by atoms with E-state index >= 15 is 0 Å². The quantitative estimate of drug-likeness (QED) is 0.644. The fourth-order valence-corrected chi connectivity index (χ4v) is 2.13. The van der Waals surface area contributed by atoms with Gasteiger partial charge in [0.25, 0.3) is 0 Å². The minimum atomic E-state index is -1.01. The van der Waals surface area contributed by atoms with Gasteiger partial charge in [0.2, 0.25) is 5.91 Å². The number of carboxylic acid groups (broad SMARTS) is 1. The molecule has 0 aromatic carbocycles. The molecule has 1 heterocycles. The number of nitrogens with zero attached hydrogens (tertiary/aromatic N) is 1. The molecule has 7 nitrogen and oxygen atoms in total. The number of hydrogen-bond donors (Lipinski definition) is 3. The highest BCUT2D eigenvalue weighted by atomic mass is 16.4. The van der Waals surface area contributed by atoms with Crippen molar-refractivity contribution in [1.29, 1.82) is 0 Å². The predicted octanol–water partition coefficient (Wildman–Crippen LogP) is -0.245. The number of nitrogens with one attached hydrogen (secondary N) is 1. The van der Waals surface area contributed by atoms with E-state index in [0.29, 0.717) is 19.4 Å². The number of likely N-dealkylation sites (tertiary alicyclic amines) is 1. The maximum atomic E-state index is 12.2. The Hall–Kier alpha value is -1.79. The lowest BCUT2D eigenvalue weighted by Gasteiger charge is -2.28. The van der Waals surface area contributed by atoms with E-state index in [9.17, 15) is 14.4 Å². The van der Waals surface area contributed by atoms with Crippen LogP contribution in [0.2, 0.25) is 0 Å². The smallest absolute Gasteiger partial charge is 0.326 e. The van der Waals surface area contributed by atoms with Gasteiger partial charge >= 0.3 is 12.0 Å². The van der Waals surface area contributed by atoms with E-state index in [1.165, 1.54) is 4.90 Å². The van der Waals surface area contributed by atoms with Gasteiger partial charge in [0.15, 0.2) is 0 Å². The molecular weight excluding hydrogens is 238 g/mol. The largest absolute Gasteiger partial charge is 0.480 e. The molecular formula is C11H19N3O4. The predicted molar refractivity (Wildman–Crippen MR) is 63.7 cm³/mol. The number of hydrogen-bond acceptors (Lipinski definition) is 3. The molecule has 0 bridgehead atoms. The molecule has 0 spiro atoms. The summed E-state index contributed by atoms with van der Waals surface area (Å²) in [7, 11) is 0. The number of carbonyl (C=O) groups excluding carboxylic acids is 2. The number of aliphatic carboxylic acids is 1. The van der Waals surface area contributed by atoms with E-state index in [4.69, 9.17) is 10.8 Å². The summed E-state index contributed by atoms with van der Waals surface area (Å²) in [6, 6.07) is -2.36. The molecule has 102 valence electrons. The Labute approximate surface area is 105 Å². The number of carbonyl (C=O) groups is 3. The number of primary amides is 1. The van der Waals surface area contributed by atoms with Crippen LogP contribution in [0.25, 0.3) is 0 Å². The first-order valence-electron chi connectivity index (χ1n) is 5.93. The SMILES string of the molecule is CC(C)C(NC(N)=O)C(=O)N1CCC[C@H]1C(=O)O. The summed E-state index contributed by atoms with van der Waals surface area (Å²) in [5.74, 6) is -1.55. The summed E-state index contributed by atoms with van der Waals surface area (Å²) in [4.78, 5) is 35.4. The number of nitrogens with two attached hydrogens (primary N) is 1. The summed E-state index contributed by atoms with van der Waals surface area (Å²) < 4.78 is 0. The van der Waals surface area contributed by atoms with Gasteiger partial charge in [-0.2, -0.15) is 0 Å². The van der Waals surface area contributed by atoms with Crippen molar-refractivity contribution in [2.75, 3.05) is 6.54 Å². The van der Waals surface area contributed by atoms with Crippen LogP contribution in [0.5, 0.6) is 0 Å². The summed E-state index contributed by atoms with van der Waals surface area (Å²) in [5, 5.41) is 11.4. The third-order valence-electron chi connectivity index (χ3n) is 3.05. The van der Waals surface area contributed by atoms with Gasteiger partial charge in [-0.1, -0.05) is 13.8 Å². The Balaban J connectivity index is 2.82. The van der Waals surface area contributed by atoms with Crippen LogP contribution in [0.1, 0.15) is 26.7 Å². The first-order valence-corrected chi connectivity index (χ1v) is 5.93. The first kappa shape index (κ1) is 14.3.